The Hall–Kier alpha value is -1.15. The number of rotatable bonds is 1. The van der Waals surface area contributed by atoms with E-state index < -0.39 is 0 Å². The minimum absolute atomic E-state index is 0.495. The number of aliphatic imine (C=N–C) groups is 1. The van der Waals surface area contributed by atoms with Gasteiger partial charge in [-0.25, -0.2) is 0 Å². The smallest absolute Gasteiger partial charge is 0.0539 e. The largest absolute Gasteiger partial charge is 0.325 e. The van der Waals surface area contributed by atoms with Gasteiger partial charge in [0.05, 0.1) is 5.70 Å². The molecule has 1 aliphatic rings. The van der Waals surface area contributed by atoms with E-state index in [0.717, 1.165) is 5.70 Å². The lowest BCUT2D eigenvalue weighted by atomic mass is 10.3. The van der Waals surface area contributed by atoms with Crippen molar-refractivity contribution in [2.45, 2.75) is 0 Å². The molecule has 0 radical (unpaired) electrons. The highest BCUT2D eigenvalue weighted by molar-refractivity contribution is 5.73. The monoisotopic (exact) mass is 134 g/mol. The molecule has 2 nitrogen and oxygen atoms in total. The second-order valence-corrected chi connectivity index (χ2v) is 1.91. The van der Waals surface area contributed by atoms with E-state index in [1.54, 1.807) is 6.21 Å². The highest BCUT2D eigenvalue weighted by Gasteiger charge is 1.85. The van der Waals surface area contributed by atoms with Crippen molar-refractivity contribution in [3.8, 4) is 0 Å². The molecule has 0 saturated carbocycles. The van der Waals surface area contributed by atoms with E-state index in [9.17, 15) is 0 Å². The van der Waals surface area contributed by atoms with Crippen LogP contribution in [0, 0.1) is 0 Å². The predicted molar refractivity (Wildman–Crippen MR) is 43.9 cm³/mol. The average Bonchev–Trinajstić information content (AvgIpc) is 1.87. The normalized spacial score (nSPS) is 16.3. The minimum Gasteiger partial charge on any atom is -0.325 e. The molecule has 0 aromatic heterocycles. The third-order valence-corrected chi connectivity index (χ3v) is 1.16. The van der Waals surface area contributed by atoms with Gasteiger partial charge in [-0.05, 0) is 12.2 Å². The standard InChI is InChI=1S/C8H10N2/c9-7-8-5-3-1-2-4-6-10-8/h1-6H,7,9H2. The Morgan fingerprint density at radius 1 is 1.20 bits per heavy atom. The van der Waals surface area contributed by atoms with Crippen LogP contribution in [0.4, 0.5) is 0 Å². The Balaban J connectivity index is 2.73. The van der Waals surface area contributed by atoms with E-state index in [0.29, 0.717) is 6.54 Å². The Bertz CT molecular complexity index is 209. The fourth-order valence-electron chi connectivity index (χ4n) is 0.647. The molecule has 2 N–H and O–H groups in total. The zero-order chi connectivity index (χ0) is 7.23. The maximum Gasteiger partial charge on any atom is 0.0539 e. The first-order valence-electron chi connectivity index (χ1n) is 3.20. The summed E-state index contributed by atoms with van der Waals surface area (Å²) in [6, 6.07) is 0. The van der Waals surface area contributed by atoms with Crippen molar-refractivity contribution in [2.75, 3.05) is 6.54 Å². The average molecular weight is 134 g/mol. The quantitative estimate of drug-likeness (QED) is 0.571. The summed E-state index contributed by atoms with van der Waals surface area (Å²) in [6.07, 6.45) is 11.3. The molecule has 0 spiro atoms. The van der Waals surface area contributed by atoms with Crippen LogP contribution in [0.3, 0.4) is 0 Å². The van der Waals surface area contributed by atoms with E-state index in [1.165, 1.54) is 0 Å². The van der Waals surface area contributed by atoms with E-state index in [2.05, 4.69) is 4.99 Å². The summed E-state index contributed by atoms with van der Waals surface area (Å²) in [7, 11) is 0. The second-order valence-electron chi connectivity index (χ2n) is 1.91. The Morgan fingerprint density at radius 2 is 2.00 bits per heavy atom. The lowest BCUT2D eigenvalue weighted by molar-refractivity contribution is 1.11. The van der Waals surface area contributed by atoms with Crippen LogP contribution < -0.4 is 5.73 Å². The molecular formula is C8H10N2. The zero-order valence-corrected chi connectivity index (χ0v) is 5.70. The van der Waals surface area contributed by atoms with Crippen molar-refractivity contribution < 1.29 is 0 Å². The van der Waals surface area contributed by atoms with E-state index in [1.807, 2.05) is 30.4 Å². The summed E-state index contributed by atoms with van der Waals surface area (Å²) >= 11 is 0. The second kappa shape index (κ2) is 3.80. The maximum atomic E-state index is 5.38. The zero-order valence-electron chi connectivity index (χ0n) is 5.70. The van der Waals surface area contributed by atoms with Gasteiger partial charge in [-0.15, -0.1) is 0 Å². The van der Waals surface area contributed by atoms with Gasteiger partial charge >= 0.3 is 0 Å². The van der Waals surface area contributed by atoms with Crippen LogP contribution >= 0.6 is 0 Å². The molecule has 0 aromatic carbocycles. The number of hydrogen-bond donors (Lipinski definition) is 1. The third kappa shape index (κ3) is 1.99. The van der Waals surface area contributed by atoms with Crippen LogP contribution in [0.25, 0.3) is 0 Å². The summed E-state index contributed by atoms with van der Waals surface area (Å²) in [6.45, 7) is 0.495. The van der Waals surface area contributed by atoms with Crippen LogP contribution in [-0.2, 0) is 0 Å². The molecule has 10 heavy (non-hydrogen) atoms. The van der Waals surface area contributed by atoms with Crippen molar-refractivity contribution in [1.29, 1.82) is 0 Å². The van der Waals surface area contributed by atoms with Crippen LogP contribution in [0.15, 0.2) is 41.1 Å². The summed E-state index contributed by atoms with van der Waals surface area (Å²) < 4.78 is 0. The molecule has 0 saturated heterocycles. The first-order chi connectivity index (χ1) is 4.93. The summed E-state index contributed by atoms with van der Waals surface area (Å²) in [5, 5.41) is 0. The fourth-order valence-corrected chi connectivity index (χ4v) is 0.647. The molecule has 0 bridgehead atoms. The third-order valence-electron chi connectivity index (χ3n) is 1.16. The van der Waals surface area contributed by atoms with Gasteiger partial charge in [0.1, 0.15) is 0 Å². The van der Waals surface area contributed by atoms with E-state index >= 15 is 0 Å². The summed E-state index contributed by atoms with van der Waals surface area (Å²) in [4.78, 5) is 4.07. The van der Waals surface area contributed by atoms with Gasteiger partial charge < -0.3 is 5.73 Å². The van der Waals surface area contributed by atoms with E-state index in [4.69, 9.17) is 5.73 Å². The number of nitrogens with zero attached hydrogens (tertiary/aromatic N) is 1. The molecule has 0 aromatic rings. The van der Waals surface area contributed by atoms with Gasteiger partial charge in [-0.2, -0.15) is 0 Å². The number of allylic oxidation sites excluding steroid dienone is 5. The molecule has 1 rings (SSSR count). The molecule has 1 heterocycles. The minimum atomic E-state index is 0.495. The van der Waals surface area contributed by atoms with Crippen molar-refractivity contribution >= 4 is 6.21 Å². The molecular weight excluding hydrogens is 124 g/mol. The topological polar surface area (TPSA) is 38.4 Å². The van der Waals surface area contributed by atoms with Gasteiger partial charge in [0.15, 0.2) is 0 Å². The molecule has 2 heteroatoms. The van der Waals surface area contributed by atoms with Gasteiger partial charge in [-0.3, -0.25) is 4.99 Å². The first kappa shape index (κ1) is 6.96. The number of nitrogens with two attached hydrogens (primary N) is 1. The molecule has 1 aliphatic heterocycles. The van der Waals surface area contributed by atoms with Gasteiger partial charge in [-0.1, -0.05) is 18.2 Å². The summed E-state index contributed by atoms with van der Waals surface area (Å²) in [5.41, 5.74) is 6.29. The lowest BCUT2D eigenvalue weighted by Crippen LogP contribution is -2.00. The van der Waals surface area contributed by atoms with Crippen LogP contribution in [-0.4, -0.2) is 12.8 Å². The molecule has 0 atom stereocenters. The molecule has 0 amide bonds. The van der Waals surface area contributed by atoms with Crippen molar-refractivity contribution in [1.82, 2.24) is 0 Å². The van der Waals surface area contributed by atoms with Crippen molar-refractivity contribution in [2.24, 2.45) is 10.7 Å². The lowest BCUT2D eigenvalue weighted by Gasteiger charge is -1.93. The Kier molecular flexibility index (Phi) is 2.64. The van der Waals surface area contributed by atoms with Crippen LogP contribution in [0.5, 0.6) is 0 Å². The van der Waals surface area contributed by atoms with E-state index in [-0.39, 0.29) is 0 Å². The van der Waals surface area contributed by atoms with Crippen molar-refractivity contribution in [3.63, 3.8) is 0 Å². The molecule has 0 unspecified atom stereocenters. The Labute approximate surface area is 60.5 Å². The molecule has 0 aliphatic carbocycles. The van der Waals surface area contributed by atoms with Crippen molar-refractivity contribution in [3.05, 3.63) is 36.1 Å². The predicted octanol–water partition coefficient (Wildman–Crippen LogP) is 1.03. The van der Waals surface area contributed by atoms with Gasteiger partial charge in [0.2, 0.25) is 0 Å². The van der Waals surface area contributed by atoms with Crippen LogP contribution in [0.1, 0.15) is 0 Å². The highest BCUT2D eigenvalue weighted by atomic mass is 14.8. The number of hydrogen-bond acceptors (Lipinski definition) is 2. The van der Waals surface area contributed by atoms with Gasteiger partial charge in [0.25, 0.3) is 0 Å². The fraction of sp³-hybridized carbons (Fsp3) is 0.125. The highest BCUT2D eigenvalue weighted by Crippen LogP contribution is 1.95. The van der Waals surface area contributed by atoms with Crippen LogP contribution in [0.2, 0.25) is 0 Å². The summed E-state index contributed by atoms with van der Waals surface area (Å²) in [5.74, 6) is 0. The molecule has 0 fully saturated rings. The molecule has 52 valence electrons. The maximum absolute atomic E-state index is 5.38. The SMILES string of the molecule is NCC1=CC=CC=CC=N1. The first-order valence-corrected chi connectivity index (χ1v) is 3.20. The van der Waals surface area contributed by atoms with Gasteiger partial charge in [0, 0.05) is 12.8 Å². The Morgan fingerprint density at radius 3 is 2.80 bits per heavy atom.